The SMILES string of the molecule is CCN(Cc1nc(-c2cccs2)no1)C(=O)COc1ccccc1OC. The molecule has 0 saturated carbocycles. The Labute approximate surface area is 155 Å². The molecule has 2 heterocycles. The number of thiophene rings is 1. The largest absolute Gasteiger partial charge is 0.493 e. The molecule has 1 aromatic carbocycles. The zero-order valence-electron chi connectivity index (χ0n) is 14.5. The molecule has 1 amide bonds. The first-order chi connectivity index (χ1) is 12.7. The van der Waals surface area contributed by atoms with Gasteiger partial charge >= 0.3 is 0 Å². The summed E-state index contributed by atoms with van der Waals surface area (Å²) in [6, 6.07) is 11.0. The summed E-state index contributed by atoms with van der Waals surface area (Å²) in [6.07, 6.45) is 0. The van der Waals surface area contributed by atoms with E-state index in [1.807, 2.05) is 36.6 Å². The van der Waals surface area contributed by atoms with Gasteiger partial charge in [0.05, 0.1) is 12.0 Å². The van der Waals surface area contributed by atoms with Crippen LogP contribution in [-0.4, -0.2) is 41.2 Å². The van der Waals surface area contributed by atoms with E-state index >= 15 is 0 Å². The summed E-state index contributed by atoms with van der Waals surface area (Å²) < 4.78 is 16.1. The summed E-state index contributed by atoms with van der Waals surface area (Å²) in [6.45, 7) is 2.53. The fraction of sp³-hybridized carbons (Fsp3) is 0.278. The zero-order chi connectivity index (χ0) is 18.4. The molecule has 0 spiro atoms. The molecule has 0 atom stereocenters. The van der Waals surface area contributed by atoms with Crippen LogP contribution in [0, 0.1) is 0 Å². The molecule has 0 saturated heterocycles. The highest BCUT2D eigenvalue weighted by Gasteiger charge is 2.18. The van der Waals surface area contributed by atoms with Crippen LogP contribution in [0.15, 0.2) is 46.3 Å². The van der Waals surface area contributed by atoms with Crippen molar-refractivity contribution in [2.75, 3.05) is 20.3 Å². The molecule has 3 aromatic rings. The first-order valence-corrected chi connectivity index (χ1v) is 8.99. The van der Waals surface area contributed by atoms with Gasteiger partial charge in [-0.3, -0.25) is 4.79 Å². The van der Waals surface area contributed by atoms with Gasteiger partial charge in [0.15, 0.2) is 18.1 Å². The Morgan fingerprint density at radius 3 is 2.73 bits per heavy atom. The molecule has 0 radical (unpaired) electrons. The Hall–Kier alpha value is -2.87. The van der Waals surface area contributed by atoms with E-state index in [-0.39, 0.29) is 19.1 Å². The van der Waals surface area contributed by atoms with Crippen LogP contribution in [0.3, 0.4) is 0 Å². The lowest BCUT2D eigenvalue weighted by molar-refractivity contribution is -0.134. The van der Waals surface area contributed by atoms with Crippen molar-refractivity contribution in [3.8, 4) is 22.2 Å². The number of carbonyl (C=O) groups is 1. The molecule has 2 aromatic heterocycles. The van der Waals surface area contributed by atoms with Crippen molar-refractivity contribution >= 4 is 17.2 Å². The monoisotopic (exact) mass is 373 g/mol. The first kappa shape index (κ1) is 17.9. The second-order valence-corrected chi connectivity index (χ2v) is 6.28. The number of benzene rings is 1. The number of likely N-dealkylation sites (N-methyl/N-ethyl adjacent to an activating group) is 1. The highest BCUT2D eigenvalue weighted by atomic mass is 32.1. The Bertz CT molecular complexity index is 848. The number of carbonyl (C=O) groups excluding carboxylic acids is 1. The molecule has 0 aliphatic heterocycles. The Morgan fingerprint density at radius 2 is 2.04 bits per heavy atom. The average molecular weight is 373 g/mol. The maximum absolute atomic E-state index is 12.5. The Morgan fingerprint density at radius 1 is 1.23 bits per heavy atom. The van der Waals surface area contributed by atoms with Crippen molar-refractivity contribution in [2.45, 2.75) is 13.5 Å². The minimum Gasteiger partial charge on any atom is -0.493 e. The Kier molecular flexibility index (Phi) is 5.85. The number of rotatable bonds is 8. The van der Waals surface area contributed by atoms with Gasteiger partial charge in [-0.05, 0) is 30.5 Å². The second kappa shape index (κ2) is 8.48. The summed E-state index contributed by atoms with van der Waals surface area (Å²) in [5, 5.41) is 5.91. The molecule has 0 N–H and O–H groups in total. The number of nitrogens with zero attached hydrogens (tertiary/aromatic N) is 3. The van der Waals surface area contributed by atoms with Crippen molar-refractivity contribution in [1.29, 1.82) is 0 Å². The zero-order valence-corrected chi connectivity index (χ0v) is 15.4. The van der Waals surface area contributed by atoms with Crippen molar-refractivity contribution < 1.29 is 18.8 Å². The number of aromatic nitrogens is 2. The molecule has 26 heavy (non-hydrogen) atoms. The van der Waals surface area contributed by atoms with Crippen LogP contribution in [0.2, 0.25) is 0 Å². The summed E-state index contributed by atoms with van der Waals surface area (Å²) in [4.78, 5) is 19.3. The van der Waals surface area contributed by atoms with Crippen LogP contribution in [0.25, 0.3) is 10.7 Å². The van der Waals surface area contributed by atoms with Crippen LogP contribution in [0.1, 0.15) is 12.8 Å². The van der Waals surface area contributed by atoms with Gasteiger partial charge in [-0.15, -0.1) is 11.3 Å². The number of ether oxygens (including phenoxy) is 2. The molecule has 0 bridgehead atoms. The van der Waals surface area contributed by atoms with E-state index < -0.39 is 0 Å². The van der Waals surface area contributed by atoms with E-state index in [0.717, 1.165) is 4.88 Å². The third kappa shape index (κ3) is 4.20. The van der Waals surface area contributed by atoms with Gasteiger partial charge in [0.2, 0.25) is 11.7 Å². The van der Waals surface area contributed by atoms with Gasteiger partial charge in [0.1, 0.15) is 6.54 Å². The number of methoxy groups -OCH3 is 1. The maximum atomic E-state index is 12.5. The quantitative estimate of drug-likeness (QED) is 0.603. The van der Waals surface area contributed by atoms with E-state index in [0.29, 0.717) is 29.8 Å². The van der Waals surface area contributed by atoms with Gasteiger partial charge in [0, 0.05) is 6.54 Å². The van der Waals surface area contributed by atoms with Crippen molar-refractivity contribution in [3.63, 3.8) is 0 Å². The molecule has 0 aliphatic carbocycles. The molecule has 0 fully saturated rings. The van der Waals surface area contributed by atoms with Crippen LogP contribution in [0.5, 0.6) is 11.5 Å². The molecule has 136 valence electrons. The van der Waals surface area contributed by atoms with E-state index in [1.54, 1.807) is 24.1 Å². The van der Waals surface area contributed by atoms with Crippen molar-refractivity contribution in [3.05, 3.63) is 47.7 Å². The Balaban J connectivity index is 1.60. The van der Waals surface area contributed by atoms with Gasteiger partial charge in [-0.1, -0.05) is 23.4 Å². The first-order valence-electron chi connectivity index (χ1n) is 8.11. The standard InChI is InChI=1S/C18H19N3O4S/c1-3-21(11-16-19-18(20-25-16)15-9-6-10-26-15)17(22)12-24-14-8-5-4-7-13(14)23-2/h4-10H,3,11-12H2,1-2H3. The normalized spacial score (nSPS) is 10.5. The molecule has 0 unspecified atom stereocenters. The maximum Gasteiger partial charge on any atom is 0.260 e. The van der Waals surface area contributed by atoms with Crippen LogP contribution >= 0.6 is 11.3 Å². The summed E-state index contributed by atoms with van der Waals surface area (Å²) in [5.41, 5.74) is 0. The number of amides is 1. The number of hydrogen-bond donors (Lipinski definition) is 0. The fourth-order valence-corrected chi connectivity index (χ4v) is 2.98. The number of hydrogen-bond acceptors (Lipinski definition) is 7. The van der Waals surface area contributed by atoms with Crippen LogP contribution in [0.4, 0.5) is 0 Å². The van der Waals surface area contributed by atoms with E-state index in [4.69, 9.17) is 14.0 Å². The molecule has 8 heteroatoms. The van der Waals surface area contributed by atoms with Crippen LogP contribution < -0.4 is 9.47 Å². The van der Waals surface area contributed by atoms with E-state index in [2.05, 4.69) is 10.1 Å². The number of para-hydroxylation sites is 2. The smallest absolute Gasteiger partial charge is 0.260 e. The summed E-state index contributed by atoms with van der Waals surface area (Å²) in [7, 11) is 1.56. The summed E-state index contributed by atoms with van der Waals surface area (Å²) in [5.74, 6) is 1.86. The fourth-order valence-electron chi connectivity index (χ4n) is 2.33. The van der Waals surface area contributed by atoms with E-state index in [9.17, 15) is 4.79 Å². The average Bonchev–Trinajstić information content (AvgIpc) is 3.35. The lowest BCUT2D eigenvalue weighted by atomic mass is 10.3. The van der Waals surface area contributed by atoms with Gasteiger partial charge in [-0.25, -0.2) is 0 Å². The van der Waals surface area contributed by atoms with Crippen LogP contribution in [-0.2, 0) is 11.3 Å². The highest BCUT2D eigenvalue weighted by molar-refractivity contribution is 7.13. The predicted molar refractivity (Wildman–Crippen MR) is 97.2 cm³/mol. The molecular formula is C18H19N3O4S. The van der Waals surface area contributed by atoms with Gasteiger partial charge in [-0.2, -0.15) is 4.98 Å². The highest BCUT2D eigenvalue weighted by Crippen LogP contribution is 2.26. The minimum atomic E-state index is -0.172. The summed E-state index contributed by atoms with van der Waals surface area (Å²) >= 11 is 1.53. The van der Waals surface area contributed by atoms with Gasteiger partial charge in [0.25, 0.3) is 5.91 Å². The molecule has 0 aliphatic rings. The third-order valence-corrected chi connectivity index (χ3v) is 4.56. The minimum absolute atomic E-state index is 0.0971. The third-order valence-electron chi connectivity index (χ3n) is 3.69. The van der Waals surface area contributed by atoms with Crippen molar-refractivity contribution in [1.82, 2.24) is 15.0 Å². The van der Waals surface area contributed by atoms with Crippen molar-refractivity contribution in [2.24, 2.45) is 0 Å². The molecular weight excluding hydrogens is 354 g/mol. The molecule has 7 nitrogen and oxygen atoms in total. The molecule has 3 rings (SSSR count). The van der Waals surface area contributed by atoms with Gasteiger partial charge < -0.3 is 18.9 Å². The van der Waals surface area contributed by atoms with E-state index in [1.165, 1.54) is 11.3 Å². The lowest BCUT2D eigenvalue weighted by Gasteiger charge is -2.19. The second-order valence-electron chi connectivity index (χ2n) is 5.34. The lowest BCUT2D eigenvalue weighted by Crippen LogP contribution is -2.34. The topological polar surface area (TPSA) is 77.7 Å². The predicted octanol–water partition coefficient (Wildman–Crippen LogP) is 3.23.